The van der Waals surface area contributed by atoms with Crippen molar-refractivity contribution in [3.63, 3.8) is 0 Å². The smallest absolute Gasteiger partial charge is 0.330 e. The highest BCUT2D eigenvalue weighted by molar-refractivity contribution is 5.87. The molecule has 1 atom stereocenters. The molecule has 0 radical (unpaired) electrons. The fraction of sp³-hybridized carbons (Fsp3) is 0.500. The van der Waals surface area contributed by atoms with Crippen molar-refractivity contribution in [3.8, 4) is 0 Å². The van der Waals surface area contributed by atoms with Gasteiger partial charge in [0.1, 0.15) is 0 Å². The molecule has 1 aliphatic carbocycles. The molecule has 1 amide bonds. The number of hydrogen-bond donors (Lipinski definition) is 2. The summed E-state index contributed by atoms with van der Waals surface area (Å²) in [6.45, 7) is 1.94. The molecule has 1 aliphatic rings. The third-order valence-corrected chi connectivity index (χ3v) is 4.16. The summed E-state index contributed by atoms with van der Waals surface area (Å²) < 4.78 is 0. The molecule has 0 unspecified atom stereocenters. The van der Waals surface area contributed by atoms with Gasteiger partial charge in [-0.25, -0.2) is 4.79 Å². The van der Waals surface area contributed by atoms with Crippen LogP contribution < -0.4 is 5.32 Å². The van der Waals surface area contributed by atoms with Crippen molar-refractivity contribution in [1.82, 2.24) is 5.32 Å². The van der Waals surface area contributed by atoms with E-state index in [4.69, 9.17) is 0 Å². The Hall–Kier alpha value is -1.84. The molecule has 0 aliphatic heterocycles. The average Bonchev–Trinajstić information content (AvgIpc) is 2.45. The number of carboxylic acids is 1. The Kier molecular flexibility index (Phi) is 4.42. The van der Waals surface area contributed by atoms with Crippen LogP contribution in [0.3, 0.4) is 0 Å². The van der Waals surface area contributed by atoms with Gasteiger partial charge in [0, 0.05) is 5.41 Å². The molecule has 1 saturated carbocycles. The number of aliphatic carboxylic acids is 1. The van der Waals surface area contributed by atoms with Gasteiger partial charge in [-0.1, -0.05) is 56.5 Å². The standard InChI is InChI=1S/C16H21NO3/c1-16(10-6-3-7-11-16)15(20)17-13(14(18)19)12-8-4-2-5-9-12/h2,4-5,8-9,13H,3,6-7,10-11H2,1H3,(H,17,20)(H,18,19)/t13-/m1/s1. The van der Waals surface area contributed by atoms with E-state index in [0.717, 1.165) is 32.1 Å². The topological polar surface area (TPSA) is 66.4 Å². The normalized spacial score (nSPS) is 19.1. The zero-order chi connectivity index (χ0) is 14.6. The third kappa shape index (κ3) is 3.18. The predicted octanol–water partition coefficient (Wildman–Crippen LogP) is 2.90. The van der Waals surface area contributed by atoms with Gasteiger partial charge < -0.3 is 10.4 Å². The third-order valence-electron chi connectivity index (χ3n) is 4.16. The molecule has 2 N–H and O–H groups in total. The Morgan fingerprint density at radius 1 is 1.15 bits per heavy atom. The Balaban J connectivity index is 2.12. The minimum absolute atomic E-state index is 0.145. The predicted molar refractivity (Wildman–Crippen MR) is 76.2 cm³/mol. The van der Waals surface area contributed by atoms with Crippen LogP contribution in [0.2, 0.25) is 0 Å². The van der Waals surface area contributed by atoms with E-state index < -0.39 is 17.4 Å². The van der Waals surface area contributed by atoms with Crippen molar-refractivity contribution in [2.75, 3.05) is 0 Å². The van der Waals surface area contributed by atoms with Gasteiger partial charge in [-0.15, -0.1) is 0 Å². The Morgan fingerprint density at radius 3 is 2.30 bits per heavy atom. The maximum absolute atomic E-state index is 12.4. The maximum atomic E-state index is 12.4. The second kappa shape index (κ2) is 6.07. The first-order valence-electron chi connectivity index (χ1n) is 7.12. The van der Waals surface area contributed by atoms with Gasteiger partial charge in [0.05, 0.1) is 0 Å². The first kappa shape index (κ1) is 14.6. The lowest BCUT2D eigenvalue weighted by Gasteiger charge is -2.33. The monoisotopic (exact) mass is 275 g/mol. The summed E-state index contributed by atoms with van der Waals surface area (Å²) in [5.41, 5.74) is 0.175. The van der Waals surface area contributed by atoms with Gasteiger partial charge in [-0.3, -0.25) is 4.79 Å². The number of carbonyl (C=O) groups excluding carboxylic acids is 1. The Labute approximate surface area is 119 Å². The van der Waals surface area contributed by atoms with Crippen LogP contribution >= 0.6 is 0 Å². The minimum Gasteiger partial charge on any atom is -0.479 e. The number of amides is 1. The Morgan fingerprint density at radius 2 is 1.75 bits per heavy atom. The highest BCUT2D eigenvalue weighted by Gasteiger charge is 2.36. The van der Waals surface area contributed by atoms with E-state index in [0.29, 0.717) is 5.56 Å². The zero-order valence-corrected chi connectivity index (χ0v) is 11.8. The number of nitrogens with one attached hydrogen (secondary N) is 1. The zero-order valence-electron chi connectivity index (χ0n) is 11.8. The van der Waals surface area contributed by atoms with Crippen LogP contribution in [0.25, 0.3) is 0 Å². The minimum atomic E-state index is -1.02. The molecule has 20 heavy (non-hydrogen) atoms. The first-order valence-corrected chi connectivity index (χ1v) is 7.12. The van der Waals surface area contributed by atoms with E-state index >= 15 is 0 Å². The van der Waals surface area contributed by atoms with Gasteiger partial charge in [0.2, 0.25) is 5.91 Å². The molecule has 1 aromatic carbocycles. The van der Waals surface area contributed by atoms with Crippen molar-refractivity contribution in [2.24, 2.45) is 5.41 Å². The van der Waals surface area contributed by atoms with Gasteiger partial charge in [-0.2, -0.15) is 0 Å². The highest BCUT2D eigenvalue weighted by atomic mass is 16.4. The summed E-state index contributed by atoms with van der Waals surface area (Å²) in [7, 11) is 0. The number of rotatable bonds is 4. The average molecular weight is 275 g/mol. The van der Waals surface area contributed by atoms with Crippen molar-refractivity contribution in [2.45, 2.75) is 45.1 Å². The maximum Gasteiger partial charge on any atom is 0.330 e. The van der Waals surface area contributed by atoms with E-state index in [-0.39, 0.29) is 5.91 Å². The van der Waals surface area contributed by atoms with E-state index in [2.05, 4.69) is 5.32 Å². The molecule has 4 heteroatoms. The summed E-state index contributed by atoms with van der Waals surface area (Å²) in [5.74, 6) is -1.17. The lowest BCUT2D eigenvalue weighted by molar-refractivity contribution is -0.144. The van der Waals surface area contributed by atoms with Crippen molar-refractivity contribution in [1.29, 1.82) is 0 Å². The second-order valence-corrected chi connectivity index (χ2v) is 5.78. The number of carboxylic acid groups (broad SMARTS) is 1. The lowest BCUT2D eigenvalue weighted by atomic mass is 9.75. The summed E-state index contributed by atoms with van der Waals surface area (Å²) in [5, 5.41) is 12.0. The van der Waals surface area contributed by atoms with Crippen molar-refractivity contribution < 1.29 is 14.7 Å². The summed E-state index contributed by atoms with van der Waals surface area (Å²) in [4.78, 5) is 23.8. The van der Waals surface area contributed by atoms with Gasteiger partial charge >= 0.3 is 5.97 Å². The molecule has 0 heterocycles. The van der Waals surface area contributed by atoms with Crippen LogP contribution in [-0.4, -0.2) is 17.0 Å². The van der Waals surface area contributed by atoms with E-state index in [1.807, 2.05) is 13.0 Å². The van der Waals surface area contributed by atoms with E-state index in [9.17, 15) is 14.7 Å². The van der Waals surface area contributed by atoms with Crippen LogP contribution in [0, 0.1) is 5.41 Å². The van der Waals surface area contributed by atoms with Gasteiger partial charge in [-0.05, 0) is 18.4 Å². The molecule has 108 valence electrons. The van der Waals surface area contributed by atoms with Gasteiger partial charge in [0.25, 0.3) is 0 Å². The molecule has 0 spiro atoms. The number of carbonyl (C=O) groups is 2. The van der Waals surface area contributed by atoms with Crippen LogP contribution in [-0.2, 0) is 9.59 Å². The highest BCUT2D eigenvalue weighted by Crippen LogP contribution is 2.36. The summed E-state index contributed by atoms with van der Waals surface area (Å²) in [6, 6.07) is 7.86. The molecule has 1 aromatic rings. The van der Waals surface area contributed by atoms with Crippen LogP contribution in [0.1, 0.15) is 50.6 Å². The molecule has 0 aromatic heterocycles. The fourth-order valence-electron chi connectivity index (χ4n) is 2.80. The molecule has 2 rings (SSSR count). The summed E-state index contributed by atoms with van der Waals surface area (Å²) in [6.07, 6.45) is 4.89. The van der Waals surface area contributed by atoms with E-state index in [1.54, 1.807) is 24.3 Å². The quantitative estimate of drug-likeness (QED) is 0.888. The molecule has 0 bridgehead atoms. The molecular weight excluding hydrogens is 254 g/mol. The number of benzene rings is 1. The van der Waals surface area contributed by atoms with Gasteiger partial charge in [0.15, 0.2) is 6.04 Å². The fourth-order valence-corrected chi connectivity index (χ4v) is 2.80. The van der Waals surface area contributed by atoms with E-state index in [1.165, 1.54) is 0 Å². The molecule has 0 saturated heterocycles. The lowest BCUT2D eigenvalue weighted by Crippen LogP contribution is -2.44. The van der Waals surface area contributed by atoms with Crippen molar-refractivity contribution >= 4 is 11.9 Å². The van der Waals surface area contributed by atoms with Crippen LogP contribution in [0.4, 0.5) is 0 Å². The summed E-state index contributed by atoms with van der Waals surface area (Å²) >= 11 is 0. The number of hydrogen-bond acceptors (Lipinski definition) is 2. The van der Waals surface area contributed by atoms with Crippen LogP contribution in [0.15, 0.2) is 30.3 Å². The molecular formula is C16H21NO3. The SMILES string of the molecule is CC1(C(=O)N[C@@H](C(=O)O)c2ccccc2)CCCCC1. The first-order chi connectivity index (χ1) is 9.53. The van der Waals surface area contributed by atoms with Crippen LogP contribution in [0.5, 0.6) is 0 Å². The molecule has 4 nitrogen and oxygen atoms in total. The molecule has 1 fully saturated rings. The Bertz CT molecular complexity index is 478. The largest absolute Gasteiger partial charge is 0.479 e. The second-order valence-electron chi connectivity index (χ2n) is 5.78. The van der Waals surface area contributed by atoms with Crippen molar-refractivity contribution in [3.05, 3.63) is 35.9 Å².